The minimum Gasteiger partial charge on any atom is -0.761 e. The van der Waals surface area contributed by atoms with E-state index in [1.807, 2.05) is 0 Å². The number of hydrogen-bond acceptors (Lipinski definition) is 3. The Labute approximate surface area is 48.0 Å². The smallest absolute Gasteiger partial charge is 0.147 e. The average molecular weight is 114 g/mol. The van der Waals surface area contributed by atoms with E-state index in [0.717, 1.165) is 0 Å². The number of rotatable bonds is 2. The minimum atomic E-state index is 0.375. The number of allylic oxidation sites excluding steroid dienone is 2. The molecule has 8 heavy (non-hydrogen) atoms. The van der Waals surface area contributed by atoms with Crippen molar-refractivity contribution in [2.75, 3.05) is 0 Å². The molecule has 0 atom stereocenters. The molecule has 1 N–H and O–H groups in total. The Morgan fingerprint density at radius 3 is 2.25 bits per heavy atom. The molecule has 46 valence electrons. The zero-order chi connectivity index (χ0) is 6.57. The van der Waals surface area contributed by atoms with E-state index in [9.17, 15) is 10.0 Å². The highest BCUT2D eigenvalue weighted by atomic mass is 16.5. The molecule has 0 aromatic rings. The van der Waals surface area contributed by atoms with E-state index >= 15 is 0 Å². The summed E-state index contributed by atoms with van der Waals surface area (Å²) in [5.74, 6) is 0. The molecule has 0 aliphatic heterocycles. The molecule has 0 aliphatic rings. The van der Waals surface area contributed by atoms with Crippen molar-refractivity contribution in [1.29, 1.82) is 0 Å². The van der Waals surface area contributed by atoms with Gasteiger partial charge in [-0.25, -0.2) is 0 Å². The summed E-state index contributed by atoms with van der Waals surface area (Å²) < 4.78 is 0. The molecule has 0 radical (unpaired) electrons. The summed E-state index contributed by atoms with van der Waals surface area (Å²) in [5.41, 5.74) is 2.43. The Balaban J connectivity index is 4.03. The van der Waals surface area contributed by atoms with Crippen molar-refractivity contribution in [2.45, 2.75) is 13.8 Å². The SMILES string of the molecule is C/C(C=O)=C(\C)N[O-]. The molecular formula is C5H8NO2-. The molecule has 0 unspecified atom stereocenters. The van der Waals surface area contributed by atoms with Gasteiger partial charge in [-0.15, -0.1) is 0 Å². The molecule has 0 aromatic carbocycles. The first-order valence-corrected chi connectivity index (χ1v) is 2.23. The molecule has 0 saturated carbocycles. The lowest BCUT2D eigenvalue weighted by atomic mass is 10.3. The Bertz CT molecular complexity index is 118. The summed E-state index contributed by atoms with van der Waals surface area (Å²) in [6.07, 6.45) is 0.639. The van der Waals surface area contributed by atoms with E-state index in [1.165, 1.54) is 0 Å². The van der Waals surface area contributed by atoms with Gasteiger partial charge in [0, 0.05) is 11.3 Å². The van der Waals surface area contributed by atoms with E-state index in [-0.39, 0.29) is 0 Å². The number of hydroxylamine groups is 1. The molecular weight excluding hydrogens is 106 g/mol. The van der Waals surface area contributed by atoms with Gasteiger partial charge in [-0.3, -0.25) is 4.79 Å². The number of nitrogens with one attached hydrogen (secondary N) is 1. The van der Waals surface area contributed by atoms with Crippen molar-refractivity contribution < 1.29 is 4.79 Å². The number of carbonyl (C=O) groups is 1. The Morgan fingerprint density at radius 1 is 1.62 bits per heavy atom. The van der Waals surface area contributed by atoms with Crippen LogP contribution in [0.4, 0.5) is 0 Å². The maximum atomic E-state index is 9.87. The molecule has 3 nitrogen and oxygen atoms in total. The van der Waals surface area contributed by atoms with Gasteiger partial charge in [0.05, 0.1) is 0 Å². The van der Waals surface area contributed by atoms with Crippen LogP contribution in [-0.2, 0) is 4.79 Å². The molecule has 0 rings (SSSR count). The second-order valence-corrected chi connectivity index (χ2v) is 1.53. The van der Waals surface area contributed by atoms with Gasteiger partial charge < -0.3 is 10.7 Å². The molecule has 0 aromatic heterocycles. The second kappa shape index (κ2) is 3.21. The van der Waals surface area contributed by atoms with Crippen molar-refractivity contribution in [1.82, 2.24) is 5.48 Å². The van der Waals surface area contributed by atoms with Crippen LogP contribution in [0.3, 0.4) is 0 Å². The predicted molar refractivity (Wildman–Crippen MR) is 30.9 cm³/mol. The van der Waals surface area contributed by atoms with Gasteiger partial charge in [-0.1, -0.05) is 0 Å². The number of carbonyl (C=O) groups excluding carboxylic acids is 1. The van der Waals surface area contributed by atoms with Gasteiger partial charge in [0.2, 0.25) is 0 Å². The maximum Gasteiger partial charge on any atom is 0.147 e. The van der Waals surface area contributed by atoms with E-state index in [4.69, 9.17) is 0 Å². The summed E-state index contributed by atoms with van der Waals surface area (Å²) in [6.45, 7) is 3.13. The predicted octanol–water partition coefficient (Wildman–Crippen LogP) is 0.567. The highest BCUT2D eigenvalue weighted by molar-refractivity contribution is 5.73. The van der Waals surface area contributed by atoms with E-state index in [0.29, 0.717) is 17.6 Å². The highest BCUT2D eigenvalue weighted by Crippen LogP contribution is 1.92. The molecule has 0 bridgehead atoms. The Hall–Kier alpha value is -0.830. The van der Waals surface area contributed by atoms with Crippen LogP contribution in [0.25, 0.3) is 0 Å². The molecule has 0 amide bonds. The topological polar surface area (TPSA) is 52.2 Å². The van der Waals surface area contributed by atoms with Crippen molar-refractivity contribution in [3.8, 4) is 0 Å². The van der Waals surface area contributed by atoms with Crippen LogP contribution in [0.1, 0.15) is 13.8 Å². The van der Waals surface area contributed by atoms with Crippen LogP contribution in [-0.4, -0.2) is 6.29 Å². The number of hydrogen-bond donors (Lipinski definition) is 1. The molecule has 0 fully saturated rings. The van der Waals surface area contributed by atoms with Crippen LogP contribution in [0.15, 0.2) is 11.3 Å². The summed E-state index contributed by atoms with van der Waals surface area (Å²) in [7, 11) is 0. The van der Waals surface area contributed by atoms with E-state index in [2.05, 4.69) is 0 Å². The molecule has 3 heteroatoms. The van der Waals surface area contributed by atoms with Gasteiger partial charge in [0.25, 0.3) is 0 Å². The third-order valence-electron chi connectivity index (χ3n) is 0.921. The summed E-state index contributed by atoms with van der Waals surface area (Å²) in [6, 6.07) is 0. The Morgan fingerprint density at radius 2 is 2.12 bits per heavy atom. The fourth-order valence-electron chi connectivity index (χ4n) is 0.169. The van der Waals surface area contributed by atoms with Gasteiger partial charge in [0.1, 0.15) is 6.29 Å². The lowest BCUT2D eigenvalue weighted by molar-refractivity contribution is -0.104. The normalized spacial score (nSPS) is 12.4. The quantitative estimate of drug-likeness (QED) is 0.324. The van der Waals surface area contributed by atoms with Crippen LogP contribution >= 0.6 is 0 Å². The minimum absolute atomic E-state index is 0.375. The largest absolute Gasteiger partial charge is 0.761 e. The standard InChI is InChI=1S/C5H8NO2/c1-4(3-7)5(2)6-8/h3,6H,1-2H3/q-1/b5-4-. The van der Waals surface area contributed by atoms with Crippen LogP contribution in [0, 0.1) is 5.21 Å². The third kappa shape index (κ3) is 1.75. The maximum absolute atomic E-state index is 9.87. The highest BCUT2D eigenvalue weighted by Gasteiger charge is 1.85. The summed E-state index contributed by atoms with van der Waals surface area (Å²) in [5, 5.41) is 9.76. The zero-order valence-corrected chi connectivity index (χ0v) is 4.89. The van der Waals surface area contributed by atoms with Gasteiger partial charge in [-0.05, 0) is 13.8 Å². The van der Waals surface area contributed by atoms with Gasteiger partial charge in [-0.2, -0.15) is 0 Å². The van der Waals surface area contributed by atoms with Gasteiger partial charge >= 0.3 is 0 Å². The van der Waals surface area contributed by atoms with Crippen LogP contribution in [0.5, 0.6) is 0 Å². The average Bonchev–Trinajstić information content (AvgIpc) is 1.84. The number of aldehydes is 1. The third-order valence-corrected chi connectivity index (χ3v) is 0.921. The lowest BCUT2D eigenvalue weighted by Gasteiger charge is -2.09. The first-order chi connectivity index (χ1) is 3.72. The van der Waals surface area contributed by atoms with Crippen LogP contribution < -0.4 is 5.48 Å². The zero-order valence-electron chi connectivity index (χ0n) is 4.89. The first-order valence-electron chi connectivity index (χ1n) is 2.23. The van der Waals surface area contributed by atoms with Gasteiger partial charge in [0.15, 0.2) is 0 Å². The summed E-state index contributed by atoms with van der Waals surface area (Å²) >= 11 is 0. The van der Waals surface area contributed by atoms with Crippen LogP contribution in [0.2, 0.25) is 0 Å². The fraction of sp³-hybridized carbons (Fsp3) is 0.400. The monoisotopic (exact) mass is 114 g/mol. The van der Waals surface area contributed by atoms with Crippen molar-refractivity contribution in [3.63, 3.8) is 0 Å². The molecule has 0 aliphatic carbocycles. The molecule has 0 spiro atoms. The van der Waals surface area contributed by atoms with E-state index < -0.39 is 0 Å². The first kappa shape index (κ1) is 7.17. The van der Waals surface area contributed by atoms with Crippen molar-refractivity contribution in [2.24, 2.45) is 0 Å². The second-order valence-electron chi connectivity index (χ2n) is 1.53. The lowest BCUT2D eigenvalue weighted by Crippen LogP contribution is -2.02. The fourth-order valence-corrected chi connectivity index (χ4v) is 0.169. The van der Waals surface area contributed by atoms with Crippen molar-refractivity contribution in [3.05, 3.63) is 16.5 Å². The molecule has 0 saturated heterocycles. The Kier molecular flexibility index (Phi) is 2.88. The van der Waals surface area contributed by atoms with Crippen molar-refractivity contribution >= 4 is 6.29 Å². The summed E-state index contributed by atoms with van der Waals surface area (Å²) in [4.78, 5) is 9.87. The molecule has 0 heterocycles. The van der Waals surface area contributed by atoms with E-state index in [1.54, 1.807) is 19.3 Å².